The summed E-state index contributed by atoms with van der Waals surface area (Å²) in [5.41, 5.74) is 0. The van der Waals surface area contributed by atoms with E-state index in [1.807, 2.05) is 0 Å². The second kappa shape index (κ2) is 5.83. The maximum absolute atomic E-state index is 10.5. The normalized spacial score (nSPS) is 27.4. The number of hydrogen-bond acceptors (Lipinski definition) is 2. The molecule has 0 saturated heterocycles. The summed E-state index contributed by atoms with van der Waals surface area (Å²) in [6.45, 7) is 0. The van der Waals surface area contributed by atoms with E-state index in [0.29, 0.717) is 25.7 Å². The van der Waals surface area contributed by atoms with Crippen LogP contribution in [0.5, 0.6) is 0 Å². The Bertz CT molecular complexity index is 183. The zero-order valence-corrected chi connectivity index (χ0v) is 9.61. The topological polar surface area (TPSA) is 74.6 Å². The van der Waals surface area contributed by atoms with E-state index in [9.17, 15) is 9.59 Å². The molecule has 1 saturated carbocycles. The van der Waals surface area contributed by atoms with Crippen LogP contribution in [0, 0.1) is 11.8 Å². The van der Waals surface area contributed by atoms with Gasteiger partial charge in [0.25, 0.3) is 0 Å². The van der Waals surface area contributed by atoms with Crippen LogP contribution >= 0.6 is 0 Å². The summed E-state index contributed by atoms with van der Waals surface area (Å²) in [5.74, 6) is -2.22. The average molecular weight is 214 g/mol. The molecule has 5 heteroatoms. The maximum Gasteiger partial charge on any atom is 2.00 e. The molecule has 0 heterocycles. The van der Waals surface area contributed by atoms with Crippen molar-refractivity contribution < 1.29 is 22.7 Å². The van der Waals surface area contributed by atoms with Gasteiger partial charge in [0.05, 0.1) is 11.8 Å². The zero-order valence-electron chi connectivity index (χ0n) is 9.40. The molecule has 0 aromatic heterocycles. The zero-order chi connectivity index (χ0) is 9.14. The Hall–Kier alpha value is 0.200. The van der Waals surface area contributed by atoms with Gasteiger partial charge >= 0.3 is 49.7 Å². The second-order valence-electron chi connectivity index (χ2n) is 3.23. The van der Waals surface area contributed by atoms with Gasteiger partial charge in [-0.25, -0.2) is 0 Å². The van der Waals surface area contributed by atoms with Crippen molar-refractivity contribution in [2.75, 3.05) is 0 Å². The molecule has 4 nitrogen and oxygen atoms in total. The van der Waals surface area contributed by atoms with Crippen molar-refractivity contribution in [2.45, 2.75) is 25.7 Å². The predicted octanol–water partition coefficient (Wildman–Crippen LogP) is 0.806. The molecule has 0 aromatic rings. The molecular formula is C8H14CaO4. The fourth-order valence-corrected chi connectivity index (χ4v) is 1.59. The number of hydrogen-bond donors (Lipinski definition) is 2. The van der Waals surface area contributed by atoms with Crippen LogP contribution in [-0.4, -0.2) is 59.9 Å². The van der Waals surface area contributed by atoms with Gasteiger partial charge in [0.2, 0.25) is 0 Å². The van der Waals surface area contributed by atoms with Gasteiger partial charge in [-0.3, -0.25) is 9.59 Å². The minimum atomic E-state index is -0.793. The van der Waals surface area contributed by atoms with Gasteiger partial charge < -0.3 is 13.1 Å². The summed E-state index contributed by atoms with van der Waals surface area (Å²) in [7, 11) is 0. The third-order valence-corrected chi connectivity index (χ3v) is 2.43. The van der Waals surface area contributed by atoms with E-state index >= 15 is 0 Å². The molecule has 0 aromatic carbocycles. The van der Waals surface area contributed by atoms with E-state index in [0.717, 1.165) is 0 Å². The molecule has 1 aliphatic carbocycles. The monoisotopic (exact) mass is 214 g/mol. The Morgan fingerprint density at radius 3 is 1.31 bits per heavy atom. The minimum Gasteiger partial charge on any atom is -1.00 e. The molecular weight excluding hydrogens is 200 g/mol. The third kappa shape index (κ3) is 3.83. The van der Waals surface area contributed by atoms with Crippen LogP contribution in [0.3, 0.4) is 0 Å². The summed E-state index contributed by atoms with van der Waals surface area (Å²) >= 11 is 0. The second-order valence-corrected chi connectivity index (χ2v) is 3.23. The van der Waals surface area contributed by atoms with Gasteiger partial charge in [-0.2, -0.15) is 0 Å². The molecule has 0 bridgehead atoms. The first-order chi connectivity index (χ1) is 5.61. The molecule has 0 aliphatic heterocycles. The molecule has 0 radical (unpaired) electrons. The van der Waals surface area contributed by atoms with E-state index in [-0.39, 0.29) is 52.4 Å². The van der Waals surface area contributed by atoms with E-state index < -0.39 is 11.9 Å². The SMILES string of the molecule is O=C(O)C1CCC(C(=O)O)CC1.[Ca+2].[H-].[H-]. The van der Waals surface area contributed by atoms with Crippen molar-refractivity contribution in [3.8, 4) is 0 Å². The quantitative estimate of drug-likeness (QED) is 0.667. The largest absolute Gasteiger partial charge is 2.00 e. The fraction of sp³-hybridized carbons (Fsp3) is 0.750. The standard InChI is InChI=1S/C8H12O4.Ca.2H/c9-7(10)5-1-2-6(4-3-5)8(11)12;;;/h5-6H,1-4H2,(H,9,10)(H,11,12);;;/q;+2;2*-1. The fourth-order valence-electron chi connectivity index (χ4n) is 1.59. The van der Waals surface area contributed by atoms with Crippen molar-refractivity contribution in [1.82, 2.24) is 0 Å². The van der Waals surface area contributed by atoms with Gasteiger partial charge in [-0.1, -0.05) is 0 Å². The minimum absolute atomic E-state index is 0. The first-order valence-electron chi connectivity index (χ1n) is 4.07. The van der Waals surface area contributed by atoms with Gasteiger partial charge in [0.1, 0.15) is 0 Å². The third-order valence-electron chi connectivity index (χ3n) is 2.43. The molecule has 0 spiro atoms. The van der Waals surface area contributed by atoms with Gasteiger partial charge in [0, 0.05) is 0 Å². The first kappa shape index (κ1) is 13.2. The molecule has 2 N–H and O–H groups in total. The Balaban J connectivity index is -0.000000480. The van der Waals surface area contributed by atoms with E-state index in [1.165, 1.54) is 0 Å². The van der Waals surface area contributed by atoms with Crippen LogP contribution in [0.2, 0.25) is 0 Å². The van der Waals surface area contributed by atoms with Crippen LogP contribution in [0.4, 0.5) is 0 Å². The molecule has 0 atom stereocenters. The van der Waals surface area contributed by atoms with Crippen molar-refractivity contribution in [3.05, 3.63) is 0 Å². The van der Waals surface area contributed by atoms with Crippen molar-refractivity contribution in [3.63, 3.8) is 0 Å². The van der Waals surface area contributed by atoms with Crippen molar-refractivity contribution >= 4 is 49.7 Å². The molecule has 0 amide bonds. The Morgan fingerprint density at radius 2 is 1.15 bits per heavy atom. The Kier molecular flexibility index (Phi) is 5.92. The smallest absolute Gasteiger partial charge is 1.00 e. The van der Waals surface area contributed by atoms with Crippen LogP contribution in [0.15, 0.2) is 0 Å². The summed E-state index contributed by atoms with van der Waals surface area (Å²) in [5, 5.41) is 17.2. The van der Waals surface area contributed by atoms with E-state index in [4.69, 9.17) is 10.2 Å². The average Bonchev–Trinajstić information content (AvgIpc) is 2.04. The number of carboxylic acids is 2. The van der Waals surface area contributed by atoms with Crippen molar-refractivity contribution in [2.24, 2.45) is 11.8 Å². The summed E-state index contributed by atoms with van der Waals surface area (Å²) in [4.78, 5) is 21.0. The van der Waals surface area contributed by atoms with Gasteiger partial charge in [-0.15, -0.1) is 0 Å². The van der Waals surface area contributed by atoms with E-state index in [2.05, 4.69) is 0 Å². The Labute approximate surface area is 109 Å². The predicted molar refractivity (Wildman–Crippen MR) is 48.7 cm³/mol. The molecule has 1 aliphatic rings. The summed E-state index contributed by atoms with van der Waals surface area (Å²) in [6, 6.07) is 0. The van der Waals surface area contributed by atoms with Gasteiger partial charge in [0.15, 0.2) is 0 Å². The summed E-state index contributed by atoms with van der Waals surface area (Å²) in [6.07, 6.45) is 2.03. The van der Waals surface area contributed by atoms with Gasteiger partial charge in [-0.05, 0) is 25.7 Å². The summed E-state index contributed by atoms with van der Waals surface area (Å²) < 4.78 is 0. The number of carbonyl (C=O) groups is 2. The molecule has 0 unspecified atom stereocenters. The number of carboxylic acid groups (broad SMARTS) is 2. The van der Waals surface area contributed by atoms with E-state index in [1.54, 1.807) is 0 Å². The maximum atomic E-state index is 10.5. The van der Waals surface area contributed by atoms with Crippen LogP contribution in [0.1, 0.15) is 28.5 Å². The Morgan fingerprint density at radius 1 is 0.923 bits per heavy atom. The van der Waals surface area contributed by atoms with Crippen molar-refractivity contribution in [1.29, 1.82) is 0 Å². The first-order valence-corrected chi connectivity index (χ1v) is 4.07. The molecule has 1 fully saturated rings. The molecule has 1 rings (SSSR count). The van der Waals surface area contributed by atoms with Crippen LogP contribution in [0.25, 0.3) is 0 Å². The number of aliphatic carboxylic acids is 2. The molecule has 13 heavy (non-hydrogen) atoms. The molecule has 72 valence electrons. The number of rotatable bonds is 2. The van der Waals surface area contributed by atoms with Crippen LogP contribution in [-0.2, 0) is 9.59 Å². The van der Waals surface area contributed by atoms with Crippen LogP contribution < -0.4 is 0 Å².